The quantitative estimate of drug-likeness (QED) is 0.685. The van der Waals surface area contributed by atoms with Gasteiger partial charge in [0.1, 0.15) is 0 Å². The third-order valence-corrected chi connectivity index (χ3v) is 4.97. The van der Waals surface area contributed by atoms with Crippen LogP contribution in [0.2, 0.25) is 0 Å². The number of sulfone groups is 1. The second-order valence-electron chi connectivity index (χ2n) is 4.69. The Morgan fingerprint density at radius 2 is 1.65 bits per heavy atom. The van der Waals surface area contributed by atoms with Gasteiger partial charge in [-0.15, -0.1) is 0 Å². The third kappa shape index (κ3) is 2.66. The zero-order valence-electron chi connectivity index (χ0n) is 12.1. The van der Waals surface area contributed by atoms with Crippen molar-refractivity contribution in [1.29, 1.82) is 0 Å². The van der Waals surface area contributed by atoms with Crippen LogP contribution in [0.3, 0.4) is 0 Å². The van der Waals surface area contributed by atoms with E-state index in [1.807, 2.05) is 0 Å². The van der Waals surface area contributed by atoms with Crippen LogP contribution in [0.5, 0.6) is 0 Å². The molecule has 23 heavy (non-hydrogen) atoms. The van der Waals surface area contributed by atoms with Crippen LogP contribution >= 0.6 is 0 Å². The minimum atomic E-state index is -3.99. The van der Waals surface area contributed by atoms with Gasteiger partial charge in [0, 0.05) is 0 Å². The van der Waals surface area contributed by atoms with E-state index in [4.69, 9.17) is 0 Å². The van der Waals surface area contributed by atoms with Gasteiger partial charge in [-0.2, -0.15) is 0 Å². The highest BCUT2D eigenvalue weighted by Gasteiger charge is 2.26. The highest BCUT2D eigenvalue weighted by molar-refractivity contribution is 7.91. The number of hydrogen-bond acceptors (Lipinski definition) is 6. The van der Waals surface area contributed by atoms with Crippen molar-refractivity contribution < 1.29 is 17.9 Å². The van der Waals surface area contributed by atoms with E-state index in [1.54, 1.807) is 30.3 Å². The molecule has 0 aliphatic heterocycles. The average molecular weight is 328 g/mol. The number of nitrogens with zero attached hydrogens (tertiary/aromatic N) is 2. The molecule has 6 nitrogen and oxygen atoms in total. The van der Waals surface area contributed by atoms with Crippen LogP contribution in [0.4, 0.5) is 0 Å². The summed E-state index contributed by atoms with van der Waals surface area (Å²) in [6, 6.07) is 12.8. The molecule has 0 saturated heterocycles. The minimum absolute atomic E-state index is 0.0371. The van der Waals surface area contributed by atoms with Gasteiger partial charge in [-0.05, 0) is 24.3 Å². The van der Waals surface area contributed by atoms with Gasteiger partial charge in [0.2, 0.25) is 9.84 Å². The number of carbonyl (C=O) groups is 1. The Bertz CT molecular complexity index is 1000. The number of rotatable bonds is 3. The number of para-hydroxylation sites is 2. The van der Waals surface area contributed by atoms with Gasteiger partial charge in [0.25, 0.3) is 0 Å². The van der Waals surface area contributed by atoms with Gasteiger partial charge < -0.3 is 4.74 Å². The van der Waals surface area contributed by atoms with E-state index in [-0.39, 0.29) is 15.5 Å². The van der Waals surface area contributed by atoms with Crippen molar-refractivity contribution in [2.24, 2.45) is 0 Å². The van der Waals surface area contributed by atoms with Crippen LogP contribution in [0, 0.1) is 0 Å². The highest BCUT2D eigenvalue weighted by Crippen LogP contribution is 2.24. The summed E-state index contributed by atoms with van der Waals surface area (Å²) in [5.74, 6) is -0.724. The molecule has 0 unspecified atom stereocenters. The highest BCUT2D eigenvalue weighted by atomic mass is 32.2. The number of aromatic nitrogens is 2. The zero-order valence-corrected chi connectivity index (χ0v) is 12.9. The van der Waals surface area contributed by atoms with Crippen molar-refractivity contribution in [3.05, 3.63) is 60.3 Å². The Labute approximate surface area is 132 Å². The Kier molecular flexibility index (Phi) is 3.79. The van der Waals surface area contributed by atoms with Crippen molar-refractivity contribution in [3.8, 4) is 0 Å². The van der Waals surface area contributed by atoms with E-state index < -0.39 is 15.8 Å². The van der Waals surface area contributed by atoms with Gasteiger partial charge in [-0.1, -0.05) is 24.3 Å². The zero-order chi connectivity index (χ0) is 16.4. The predicted octanol–water partition coefficient (Wildman–Crippen LogP) is 2.25. The Hall–Kier alpha value is -2.80. The summed E-state index contributed by atoms with van der Waals surface area (Å²) in [6.45, 7) is 0. The molecule has 1 aromatic heterocycles. The van der Waals surface area contributed by atoms with Crippen molar-refractivity contribution in [1.82, 2.24) is 9.97 Å². The second kappa shape index (κ2) is 5.77. The first kappa shape index (κ1) is 15.1. The Morgan fingerprint density at radius 3 is 2.39 bits per heavy atom. The molecule has 2 aromatic carbocycles. The van der Waals surface area contributed by atoms with Crippen molar-refractivity contribution >= 4 is 26.8 Å². The Morgan fingerprint density at radius 1 is 1.00 bits per heavy atom. The number of benzene rings is 2. The fraction of sp³-hybridized carbons (Fsp3) is 0.0625. The molecule has 3 rings (SSSR count). The summed E-state index contributed by atoms with van der Waals surface area (Å²) < 4.78 is 30.3. The lowest BCUT2D eigenvalue weighted by molar-refractivity contribution is 0.0596. The molecule has 3 aromatic rings. The lowest BCUT2D eigenvalue weighted by atomic mass is 10.2. The summed E-state index contributed by atoms with van der Waals surface area (Å²) in [5.41, 5.74) is 1.02. The molecule has 0 aliphatic carbocycles. The van der Waals surface area contributed by atoms with Gasteiger partial charge in [0.15, 0.2) is 5.03 Å². The molecule has 7 heteroatoms. The summed E-state index contributed by atoms with van der Waals surface area (Å²) in [5, 5.41) is -0.215. The molecule has 0 bridgehead atoms. The molecular weight excluding hydrogens is 316 g/mol. The number of methoxy groups -OCH3 is 1. The fourth-order valence-electron chi connectivity index (χ4n) is 2.16. The lowest BCUT2D eigenvalue weighted by Gasteiger charge is -2.08. The topological polar surface area (TPSA) is 86.2 Å². The number of carbonyl (C=O) groups excluding carboxylic acids is 1. The maximum Gasteiger partial charge on any atom is 0.339 e. The number of esters is 1. The smallest absolute Gasteiger partial charge is 0.339 e. The van der Waals surface area contributed by atoms with E-state index in [1.165, 1.54) is 31.5 Å². The summed E-state index contributed by atoms with van der Waals surface area (Å²) in [4.78, 5) is 19.9. The largest absolute Gasteiger partial charge is 0.465 e. The van der Waals surface area contributed by atoms with Crippen LogP contribution in [-0.2, 0) is 14.6 Å². The van der Waals surface area contributed by atoms with Crippen LogP contribution in [-0.4, -0.2) is 31.5 Å². The molecule has 0 saturated carbocycles. The summed E-state index contributed by atoms with van der Waals surface area (Å²) in [7, 11) is -2.79. The SMILES string of the molecule is COC(=O)c1ccccc1S(=O)(=O)c1cnc2ccccc2n1. The molecule has 0 aliphatic rings. The van der Waals surface area contributed by atoms with Crippen molar-refractivity contribution in [2.45, 2.75) is 9.92 Å². The first-order valence-corrected chi connectivity index (χ1v) is 8.16. The van der Waals surface area contributed by atoms with Crippen LogP contribution in [0.25, 0.3) is 11.0 Å². The fourth-order valence-corrected chi connectivity index (χ4v) is 3.50. The molecule has 116 valence electrons. The lowest BCUT2D eigenvalue weighted by Crippen LogP contribution is -2.12. The van der Waals surface area contributed by atoms with E-state index in [0.29, 0.717) is 11.0 Å². The molecule has 0 atom stereocenters. The van der Waals surface area contributed by atoms with Crippen LogP contribution < -0.4 is 0 Å². The number of hydrogen-bond donors (Lipinski definition) is 0. The molecule has 0 amide bonds. The van der Waals surface area contributed by atoms with Crippen LogP contribution in [0.15, 0.2) is 64.6 Å². The number of ether oxygens (including phenoxy) is 1. The van der Waals surface area contributed by atoms with E-state index in [0.717, 1.165) is 0 Å². The summed E-state index contributed by atoms with van der Waals surface area (Å²) >= 11 is 0. The standard InChI is InChI=1S/C16H12N2O4S/c1-22-16(19)11-6-2-5-9-14(11)23(20,21)15-10-17-12-7-3-4-8-13(12)18-15/h2-10H,1H3. The third-order valence-electron chi connectivity index (χ3n) is 3.28. The average Bonchev–Trinajstić information content (AvgIpc) is 2.60. The van der Waals surface area contributed by atoms with Gasteiger partial charge in [-0.25, -0.2) is 18.2 Å². The molecule has 0 spiro atoms. The number of fused-ring (bicyclic) bond motifs is 1. The van der Waals surface area contributed by atoms with E-state index >= 15 is 0 Å². The van der Waals surface area contributed by atoms with Gasteiger partial charge >= 0.3 is 5.97 Å². The maximum atomic E-state index is 12.8. The predicted molar refractivity (Wildman–Crippen MR) is 82.8 cm³/mol. The van der Waals surface area contributed by atoms with E-state index in [9.17, 15) is 13.2 Å². The second-order valence-corrected chi connectivity index (χ2v) is 6.55. The first-order chi connectivity index (χ1) is 11.0. The van der Waals surface area contributed by atoms with E-state index in [2.05, 4.69) is 14.7 Å². The molecular formula is C16H12N2O4S. The summed E-state index contributed by atoms with van der Waals surface area (Å²) in [6.07, 6.45) is 1.19. The maximum absolute atomic E-state index is 12.8. The van der Waals surface area contributed by atoms with Gasteiger partial charge in [0.05, 0.1) is 34.8 Å². The van der Waals surface area contributed by atoms with Gasteiger partial charge in [-0.3, -0.25) is 4.98 Å². The normalized spacial score (nSPS) is 11.3. The molecule has 0 N–H and O–H groups in total. The minimum Gasteiger partial charge on any atom is -0.465 e. The monoisotopic (exact) mass is 328 g/mol. The molecule has 0 radical (unpaired) electrons. The first-order valence-electron chi connectivity index (χ1n) is 6.68. The van der Waals surface area contributed by atoms with Crippen molar-refractivity contribution in [2.75, 3.05) is 7.11 Å². The van der Waals surface area contributed by atoms with Crippen LogP contribution in [0.1, 0.15) is 10.4 Å². The molecule has 1 heterocycles. The van der Waals surface area contributed by atoms with Crippen molar-refractivity contribution in [3.63, 3.8) is 0 Å². The molecule has 0 fully saturated rings. The Balaban J connectivity index is 2.20.